The molecule has 6 nitrogen and oxygen atoms in total. The molecule has 2 aromatic rings. The van der Waals surface area contributed by atoms with E-state index in [-0.39, 0.29) is 21.6 Å². The minimum Gasteiger partial charge on any atom is -0.478 e. The maximum atomic E-state index is 11.3. The average molecular weight is 298 g/mol. The molecule has 0 spiro atoms. The monoisotopic (exact) mass is 297 g/mol. The number of aromatic carboxylic acids is 1. The molecule has 0 bridgehead atoms. The highest BCUT2D eigenvalue weighted by atomic mass is 35.5. The Morgan fingerprint density at radius 1 is 1.47 bits per heavy atom. The number of carbonyl (C=O) groups is 1. The van der Waals surface area contributed by atoms with Gasteiger partial charge in [0, 0.05) is 11.0 Å². The van der Waals surface area contributed by atoms with Gasteiger partial charge in [0.15, 0.2) is 5.16 Å². The van der Waals surface area contributed by atoms with Crippen LogP contribution in [0.25, 0.3) is 0 Å². The summed E-state index contributed by atoms with van der Waals surface area (Å²) in [4.78, 5) is 29.1. The number of rotatable bonds is 3. The largest absolute Gasteiger partial charge is 0.478 e. The summed E-state index contributed by atoms with van der Waals surface area (Å²) in [5, 5.41) is 9.44. The summed E-state index contributed by atoms with van der Waals surface area (Å²) >= 11 is 6.82. The van der Waals surface area contributed by atoms with Crippen LogP contribution >= 0.6 is 23.4 Å². The molecule has 0 aliphatic heterocycles. The van der Waals surface area contributed by atoms with Gasteiger partial charge >= 0.3 is 5.97 Å². The average Bonchev–Trinajstić information content (AvgIpc) is 2.26. The van der Waals surface area contributed by atoms with E-state index < -0.39 is 11.5 Å². The second kappa shape index (κ2) is 5.33. The Hall–Kier alpha value is -1.99. The Morgan fingerprint density at radius 3 is 2.84 bits per heavy atom. The van der Waals surface area contributed by atoms with Crippen LogP contribution < -0.4 is 11.3 Å². The van der Waals surface area contributed by atoms with Gasteiger partial charge in [0.05, 0.1) is 10.6 Å². The number of halogens is 1. The lowest BCUT2D eigenvalue weighted by atomic mass is 10.2. The number of carboxylic acid groups (broad SMARTS) is 1. The fraction of sp³-hybridized carbons (Fsp3) is 0. The van der Waals surface area contributed by atoms with Crippen molar-refractivity contribution in [2.75, 3.05) is 5.73 Å². The molecule has 1 aromatic heterocycles. The predicted octanol–water partition coefficient (Wildman–Crippen LogP) is 1.85. The van der Waals surface area contributed by atoms with Crippen LogP contribution in [0.2, 0.25) is 5.02 Å². The number of anilines is 1. The number of hydrogen-bond acceptors (Lipinski definition) is 5. The first-order valence-corrected chi connectivity index (χ1v) is 6.23. The molecule has 0 amide bonds. The molecule has 0 radical (unpaired) electrons. The highest BCUT2D eigenvalue weighted by Gasteiger charge is 2.16. The maximum Gasteiger partial charge on any atom is 0.338 e. The van der Waals surface area contributed by atoms with E-state index in [1.54, 1.807) is 12.1 Å². The zero-order valence-corrected chi connectivity index (χ0v) is 11.0. The van der Waals surface area contributed by atoms with Crippen LogP contribution in [0, 0.1) is 0 Å². The molecule has 1 heterocycles. The minimum absolute atomic E-state index is 0.0424. The molecule has 0 unspecified atom stereocenters. The quantitative estimate of drug-likeness (QED) is 0.746. The Bertz CT molecular complexity index is 702. The standard InChI is InChI=1S/C11H8ClN3O3S/c12-5-2-1-3-6(9(5)10(17)18)19-11-14-7(13)4-8(16)15-11/h1-4H,(H,17,18)(H3,13,14,15,16). The van der Waals surface area contributed by atoms with Crippen molar-refractivity contribution in [2.24, 2.45) is 0 Å². The highest BCUT2D eigenvalue weighted by molar-refractivity contribution is 7.99. The summed E-state index contributed by atoms with van der Waals surface area (Å²) in [5.74, 6) is -1.09. The van der Waals surface area contributed by atoms with E-state index in [2.05, 4.69) is 9.97 Å². The summed E-state index contributed by atoms with van der Waals surface area (Å²) < 4.78 is 0. The number of nitrogens with one attached hydrogen (secondary N) is 1. The molecule has 0 aliphatic carbocycles. The Morgan fingerprint density at radius 2 is 2.21 bits per heavy atom. The van der Waals surface area contributed by atoms with Crippen LogP contribution in [0.1, 0.15) is 10.4 Å². The van der Waals surface area contributed by atoms with Gasteiger partial charge in [-0.1, -0.05) is 29.4 Å². The summed E-state index contributed by atoms with van der Waals surface area (Å²) in [5.41, 5.74) is 5.00. The van der Waals surface area contributed by atoms with Crippen molar-refractivity contribution in [1.29, 1.82) is 0 Å². The van der Waals surface area contributed by atoms with Crippen LogP contribution in [-0.2, 0) is 0 Å². The topological polar surface area (TPSA) is 109 Å². The molecule has 0 fully saturated rings. The molecular weight excluding hydrogens is 290 g/mol. The molecule has 2 rings (SSSR count). The number of carboxylic acids is 1. The Kier molecular flexibility index (Phi) is 3.77. The number of nitrogens with zero attached hydrogens (tertiary/aromatic N) is 1. The normalized spacial score (nSPS) is 10.4. The van der Waals surface area contributed by atoms with Crippen molar-refractivity contribution in [3.05, 3.63) is 45.2 Å². The highest BCUT2D eigenvalue weighted by Crippen LogP contribution is 2.31. The zero-order valence-electron chi connectivity index (χ0n) is 9.38. The summed E-state index contributed by atoms with van der Waals surface area (Å²) in [6.07, 6.45) is 0. The van der Waals surface area contributed by atoms with Crippen LogP contribution in [0.4, 0.5) is 5.82 Å². The van der Waals surface area contributed by atoms with Gasteiger partial charge in [-0.2, -0.15) is 0 Å². The molecule has 98 valence electrons. The van der Waals surface area contributed by atoms with Crippen molar-refractivity contribution >= 4 is 35.1 Å². The van der Waals surface area contributed by atoms with Gasteiger partial charge in [-0.3, -0.25) is 4.79 Å². The zero-order chi connectivity index (χ0) is 14.0. The van der Waals surface area contributed by atoms with Crippen LogP contribution in [0.3, 0.4) is 0 Å². The smallest absolute Gasteiger partial charge is 0.338 e. The summed E-state index contributed by atoms with van der Waals surface area (Å²) in [7, 11) is 0. The third-order valence-corrected chi connectivity index (χ3v) is 3.40. The van der Waals surface area contributed by atoms with E-state index in [9.17, 15) is 9.59 Å². The Labute approximate surface area is 116 Å². The first-order valence-electron chi connectivity index (χ1n) is 5.04. The maximum absolute atomic E-state index is 11.3. The second-order valence-electron chi connectivity index (χ2n) is 3.50. The van der Waals surface area contributed by atoms with Gasteiger partial charge in [0.1, 0.15) is 5.82 Å². The Balaban J connectivity index is 2.46. The number of aromatic nitrogens is 2. The number of H-pyrrole nitrogens is 1. The van der Waals surface area contributed by atoms with Crippen molar-refractivity contribution in [1.82, 2.24) is 9.97 Å². The predicted molar refractivity (Wildman–Crippen MR) is 71.8 cm³/mol. The van der Waals surface area contributed by atoms with Crippen molar-refractivity contribution in [3.63, 3.8) is 0 Å². The first kappa shape index (κ1) is 13.4. The van der Waals surface area contributed by atoms with Crippen molar-refractivity contribution < 1.29 is 9.90 Å². The van der Waals surface area contributed by atoms with Gasteiger partial charge in [-0.25, -0.2) is 9.78 Å². The minimum atomic E-state index is -1.15. The second-order valence-corrected chi connectivity index (χ2v) is 4.93. The molecule has 4 N–H and O–H groups in total. The third-order valence-electron chi connectivity index (χ3n) is 2.14. The molecule has 0 saturated carbocycles. The summed E-state index contributed by atoms with van der Waals surface area (Å²) in [6, 6.07) is 5.80. The van der Waals surface area contributed by atoms with E-state index in [0.29, 0.717) is 4.90 Å². The van der Waals surface area contributed by atoms with Crippen molar-refractivity contribution in [2.45, 2.75) is 10.1 Å². The van der Waals surface area contributed by atoms with E-state index in [1.165, 1.54) is 6.07 Å². The molecule has 0 atom stereocenters. The SMILES string of the molecule is Nc1cc(=O)[nH]c(Sc2cccc(Cl)c2C(=O)O)n1. The van der Waals surface area contributed by atoms with Gasteiger partial charge in [0.2, 0.25) is 0 Å². The number of nitrogen functional groups attached to an aromatic ring is 1. The number of benzene rings is 1. The number of aromatic amines is 1. The van der Waals surface area contributed by atoms with E-state index >= 15 is 0 Å². The van der Waals surface area contributed by atoms with Gasteiger partial charge in [-0.05, 0) is 12.1 Å². The van der Waals surface area contributed by atoms with Crippen molar-refractivity contribution in [3.8, 4) is 0 Å². The fourth-order valence-corrected chi connectivity index (χ4v) is 2.67. The molecule has 19 heavy (non-hydrogen) atoms. The lowest BCUT2D eigenvalue weighted by Gasteiger charge is -2.06. The van der Waals surface area contributed by atoms with Gasteiger partial charge in [0.25, 0.3) is 5.56 Å². The van der Waals surface area contributed by atoms with Crippen LogP contribution in [-0.4, -0.2) is 21.0 Å². The van der Waals surface area contributed by atoms with Gasteiger partial charge in [-0.15, -0.1) is 0 Å². The summed E-state index contributed by atoms with van der Waals surface area (Å²) in [6.45, 7) is 0. The number of nitrogens with two attached hydrogens (primary N) is 1. The van der Waals surface area contributed by atoms with Crippen LogP contribution in [0.5, 0.6) is 0 Å². The van der Waals surface area contributed by atoms with Gasteiger partial charge < -0.3 is 15.8 Å². The molecule has 8 heteroatoms. The molecule has 1 aromatic carbocycles. The molecular formula is C11H8ClN3O3S. The van der Waals surface area contributed by atoms with Crippen LogP contribution in [0.15, 0.2) is 39.1 Å². The van der Waals surface area contributed by atoms with E-state index in [1.807, 2.05) is 0 Å². The lowest BCUT2D eigenvalue weighted by molar-refractivity contribution is 0.0693. The first-order chi connectivity index (χ1) is 8.97. The fourth-order valence-electron chi connectivity index (χ4n) is 1.40. The molecule has 0 aliphatic rings. The lowest BCUT2D eigenvalue weighted by Crippen LogP contribution is -2.09. The third kappa shape index (κ3) is 3.07. The molecule has 0 saturated heterocycles. The van der Waals surface area contributed by atoms with E-state index in [0.717, 1.165) is 17.8 Å². The number of hydrogen-bond donors (Lipinski definition) is 3. The van der Waals surface area contributed by atoms with E-state index in [4.69, 9.17) is 22.4 Å².